The van der Waals surface area contributed by atoms with Crippen LogP contribution in [-0.4, -0.2) is 82.5 Å². The van der Waals surface area contributed by atoms with Gasteiger partial charge in [-0.2, -0.15) is 0 Å². The van der Waals surface area contributed by atoms with Gasteiger partial charge in [-0.05, 0) is 111 Å². The molecular formula is C38H52ClF2N3O6S. The molecule has 4 aliphatic rings. The van der Waals surface area contributed by atoms with Crippen molar-refractivity contribution in [1.82, 2.24) is 4.90 Å². The van der Waals surface area contributed by atoms with Crippen molar-refractivity contribution in [2.24, 2.45) is 29.4 Å². The molecule has 13 heteroatoms. The molecule has 3 fully saturated rings. The Morgan fingerprint density at radius 3 is 2.51 bits per heavy atom. The topological polar surface area (TPSA) is 115 Å². The molecule has 6 atom stereocenters. The fourth-order valence-corrected chi connectivity index (χ4v) is 8.92. The first-order valence-electron chi connectivity index (χ1n) is 18.4. The SMILES string of the molecule is C[C@H]([C@@H](C)CCC[C@H]([C@H]1OC[C@@H](N2CC(F)(F)C2)CO1)[C@@H]1CC[C@H]1CN1CCCCc2cc(Cl)ccc2COc2ccc(C(N)=O)cc21)S(=O)O. The molecule has 51 heavy (non-hydrogen) atoms. The highest BCUT2D eigenvalue weighted by atomic mass is 35.5. The Morgan fingerprint density at radius 1 is 1.08 bits per heavy atom. The van der Waals surface area contributed by atoms with Crippen LogP contribution in [0.25, 0.3) is 0 Å². The van der Waals surface area contributed by atoms with E-state index >= 15 is 0 Å². The predicted octanol–water partition coefficient (Wildman–Crippen LogP) is 6.91. The first-order valence-corrected chi connectivity index (χ1v) is 20.0. The van der Waals surface area contributed by atoms with Crippen LogP contribution >= 0.6 is 11.6 Å². The van der Waals surface area contributed by atoms with E-state index in [1.54, 1.807) is 11.0 Å². The number of carbonyl (C=O) groups excluding carboxylic acids is 1. The molecule has 3 N–H and O–H groups in total. The highest BCUT2D eigenvalue weighted by molar-refractivity contribution is 7.79. The number of amides is 1. The van der Waals surface area contributed by atoms with Gasteiger partial charge in [0.15, 0.2) is 17.4 Å². The van der Waals surface area contributed by atoms with E-state index in [0.717, 1.165) is 75.7 Å². The van der Waals surface area contributed by atoms with Crippen LogP contribution in [0.2, 0.25) is 5.02 Å². The lowest BCUT2D eigenvalue weighted by Crippen LogP contribution is -2.63. The second kappa shape index (κ2) is 16.8. The number of hydrogen-bond acceptors (Lipinski definition) is 7. The van der Waals surface area contributed by atoms with Crippen LogP contribution in [0.15, 0.2) is 36.4 Å². The number of primary amides is 1. The third-order valence-corrected chi connectivity index (χ3v) is 13.0. The number of nitrogens with zero attached hydrogens (tertiary/aromatic N) is 2. The number of hydrogen-bond donors (Lipinski definition) is 2. The minimum atomic E-state index is -2.65. The van der Waals surface area contributed by atoms with Gasteiger partial charge in [-0.15, -0.1) is 0 Å². The largest absolute Gasteiger partial charge is 0.487 e. The highest BCUT2D eigenvalue weighted by Crippen LogP contribution is 2.46. The maximum absolute atomic E-state index is 13.6. The monoisotopic (exact) mass is 751 g/mol. The van der Waals surface area contributed by atoms with Gasteiger partial charge in [0.1, 0.15) is 12.4 Å². The Morgan fingerprint density at radius 2 is 1.84 bits per heavy atom. The summed E-state index contributed by atoms with van der Waals surface area (Å²) in [7, 11) is 0. The van der Waals surface area contributed by atoms with Crippen LogP contribution < -0.4 is 15.4 Å². The Balaban J connectivity index is 1.19. The number of aryl methyl sites for hydroxylation is 1. The lowest BCUT2D eigenvalue weighted by atomic mass is 9.65. The number of alkyl halides is 2. The Labute approximate surface area is 307 Å². The van der Waals surface area contributed by atoms with Gasteiger partial charge in [-0.1, -0.05) is 31.0 Å². The Kier molecular flexibility index (Phi) is 12.6. The molecule has 0 spiro atoms. The summed E-state index contributed by atoms with van der Waals surface area (Å²) in [5, 5.41) is 0.387. The predicted molar refractivity (Wildman–Crippen MR) is 195 cm³/mol. The third kappa shape index (κ3) is 9.42. The summed E-state index contributed by atoms with van der Waals surface area (Å²) in [5.41, 5.74) is 9.30. The van der Waals surface area contributed by atoms with Gasteiger partial charge in [0, 0.05) is 29.6 Å². The highest BCUT2D eigenvalue weighted by Gasteiger charge is 2.49. The number of rotatable bonds is 12. The lowest BCUT2D eigenvalue weighted by Gasteiger charge is -2.50. The molecule has 0 aromatic heterocycles. The van der Waals surface area contributed by atoms with E-state index in [1.807, 2.05) is 44.2 Å². The molecule has 3 aliphatic heterocycles. The molecule has 1 saturated carbocycles. The van der Waals surface area contributed by atoms with Crippen molar-refractivity contribution in [2.45, 2.75) is 95.3 Å². The molecule has 1 amide bonds. The van der Waals surface area contributed by atoms with Gasteiger partial charge < -0.3 is 29.4 Å². The number of anilines is 1. The van der Waals surface area contributed by atoms with Crippen molar-refractivity contribution >= 4 is 34.3 Å². The van der Waals surface area contributed by atoms with E-state index in [0.29, 0.717) is 48.0 Å². The van der Waals surface area contributed by atoms with Crippen molar-refractivity contribution in [3.8, 4) is 5.75 Å². The average Bonchev–Trinajstić information content (AvgIpc) is 3.11. The lowest BCUT2D eigenvalue weighted by molar-refractivity contribution is -0.260. The van der Waals surface area contributed by atoms with Crippen LogP contribution in [0.1, 0.15) is 80.3 Å². The molecule has 9 nitrogen and oxygen atoms in total. The summed E-state index contributed by atoms with van der Waals surface area (Å²) in [4.78, 5) is 16.4. The van der Waals surface area contributed by atoms with E-state index in [2.05, 4.69) is 4.90 Å². The van der Waals surface area contributed by atoms with Crippen molar-refractivity contribution < 1.29 is 36.5 Å². The van der Waals surface area contributed by atoms with E-state index < -0.39 is 29.2 Å². The van der Waals surface area contributed by atoms with Crippen molar-refractivity contribution in [3.63, 3.8) is 0 Å². The van der Waals surface area contributed by atoms with Crippen LogP contribution in [0.4, 0.5) is 14.5 Å². The van der Waals surface area contributed by atoms with Gasteiger partial charge in [-0.25, -0.2) is 13.0 Å². The molecule has 282 valence electrons. The summed E-state index contributed by atoms with van der Waals surface area (Å²) >= 11 is 4.48. The Hall–Kier alpha value is -2.35. The second-order valence-corrected chi connectivity index (χ2v) is 16.9. The fourth-order valence-electron chi connectivity index (χ4n) is 8.19. The summed E-state index contributed by atoms with van der Waals surface area (Å²) in [5.74, 6) is -1.66. The first kappa shape index (κ1) is 38.4. The quantitative estimate of drug-likeness (QED) is 0.225. The first-order chi connectivity index (χ1) is 24.4. The van der Waals surface area contributed by atoms with Crippen molar-refractivity contribution in [2.75, 3.05) is 44.3 Å². The van der Waals surface area contributed by atoms with Crippen molar-refractivity contribution in [3.05, 3.63) is 58.1 Å². The molecular weight excluding hydrogens is 700 g/mol. The third-order valence-electron chi connectivity index (χ3n) is 11.7. The molecule has 2 aromatic rings. The maximum Gasteiger partial charge on any atom is 0.272 e. The molecule has 2 aromatic carbocycles. The number of ether oxygens (including phenoxy) is 3. The summed E-state index contributed by atoms with van der Waals surface area (Å²) in [6.45, 7) is 5.92. The van der Waals surface area contributed by atoms with Gasteiger partial charge in [-0.3, -0.25) is 9.69 Å². The summed E-state index contributed by atoms with van der Waals surface area (Å²) < 4.78 is 67.7. The zero-order valence-electron chi connectivity index (χ0n) is 29.6. The number of carbonyl (C=O) groups is 1. The van der Waals surface area contributed by atoms with E-state index in [-0.39, 0.29) is 36.2 Å². The maximum atomic E-state index is 13.6. The summed E-state index contributed by atoms with van der Waals surface area (Å²) in [6.07, 6.45) is 6.88. The van der Waals surface area contributed by atoms with Crippen LogP contribution in [0.3, 0.4) is 0 Å². The van der Waals surface area contributed by atoms with Gasteiger partial charge in [0.2, 0.25) is 5.91 Å². The second-order valence-electron chi connectivity index (χ2n) is 15.2. The van der Waals surface area contributed by atoms with E-state index in [9.17, 15) is 22.3 Å². The van der Waals surface area contributed by atoms with Crippen LogP contribution in [0, 0.1) is 23.7 Å². The molecule has 1 aliphatic carbocycles. The van der Waals surface area contributed by atoms with Crippen LogP contribution in [-0.2, 0) is 33.6 Å². The summed E-state index contributed by atoms with van der Waals surface area (Å²) in [6, 6.07) is 11.1. The van der Waals surface area contributed by atoms with Gasteiger partial charge in [0.25, 0.3) is 5.92 Å². The van der Waals surface area contributed by atoms with Gasteiger partial charge >= 0.3 is 0 Å². The van der Waals surface area contributed by atoms with Crippen molar-refractivity contribution in [1.29, 1.82) is 0 Å². The number of halogens is 3. The average molecular weight is 752 g/mol. The zero-order valence-corrected chi connectivity index (χ0v) is 31.2. The number of fused-ring (bicyclic) bond motifs is 2. The zero-order chi connectivity index (χ0) is 36.3. The molecule has 3 heterocycles. The molecule has 2 saturated heterocycles. The minimum absolute atomic E-state index is 0.0792. The fraction of sp³-hybridized carbons (Fsp3) is 0.658. The smallest absolute Gasteiger partial charge is 0.272 e. The van der Waals surface area contributed by atoms with E-state index in [1.165, 1.54) is 5.56 Å². The molecule has 6 rings (SSSR count). The van der Waals surface area contributed by atoms with E-state index in [4.69, 9.17) is 31.5 Å². The normalized spacial score (nSPS) is 27.6. The molecule has 1 unspecified atom stereocenters. The molecule has 0 bridgehead atoms. The standard InChI is InChI=1S/C38H52ClF2N3O6S/c1-24(25(2)51(46)47)6-5-8-33(37-49-20-31(21-50-37)44-22-38(40,41)23-44)32-13-10-28(32)18-43-15-4-3-7-26-16-30(39)12-9-29(26)19-48-35-14-11-27(36(42)45)17-34(35)43/h9,11-12,14,16-17,24-25,28,31-33,37H,3-8,10,13,15,18-23H2,1-2H3,(H2,42,45)(H,46,47)/t24-,25+,28-,31-,32+,33-,37+/m0/s1. The Bertz CT molecular complexity index is 1540. The van der Waals surface area contributed by atoms with Crippen LogP contribution in [0.5, 0.6) is 5.75 Å². The minimum Gasteiger partial charge on any atom is -0.487 e. The van der Waals surface area contributed by atoms with Gasteiger partial charge in [0.05, 0.1) is 43.3 Å². The number of nitrogens with two attached hydrogens (primary N) is 1. The number of benzene rings is 2. The molecule has 0 radical (unpaired) electrons. The number of likely N-dealkylation sites (tertiary alicyclic amines) is 1.